The van der Waals surface area contributed by atoms with Crippen LogP contribution in [-0.4, -0.2) is 66.3 Å². The Hall–Kier alpha value is -1.81. The second kappa shape index (κ2) is 5.68. The fraction of sp³-hybridized carbons (Fsp3) is 0.643. The van der Waals surface area contributed by atoms with Gasteiger partial charge in [-0.1, -0.05) is 0 Å². The van der Waals surface area contributed by atoms with Crippen LogP contribution in [-0.2, 0) is 4.74 Å². The van der Waals surface area contributed by atoms with Gasteiger partial charge < -0.3 is 25.4 Å². The van der Waals surface area contributed by atoms with Crippen molar-refractivity contribution in [1.82, 2.24) is 19.5 Å². The van der Waals surface area contributed by atoms with Gasteiger partial charge >= 0.3 is 0 Å². The minimum atomic E-state index is -1.16. The van der Waals surface area contributed by atoms with Gasteiger partial charge in [-0.3, -0.25) is 4.57 Å². The van der Waals surface area contributed by atoms with E-state index in [2.05, 4.69) is 20.3 Å². The summed E-state index contributed by atoms with van der Waals surface area (Å²) in [5.74, 6) is 1.34. The molecule has 1 aliphatic heterocycles. The van der Waals surface area contributed by atoms with Crippen LogP contribution in [0, 0.1) is 5.92 Å². The molecule has 4 rings (SSSR count). The van der Waals surface area contributed by atoms with Gasteiger partial charge in [0.05, 0.1) is 12.9 Å². The highest BCUT2D eigenvalue weighted by Gasteiger charge is 2.44. The van der Waals surface area contributed by atoms with E-state index in [0.717, 1.165) is 6.54 Å². The highest BCUT2D eigenvalue weighted by Crippen LogP contribution is 2.33. The molecule has 3 heterocycles. The van der Waals surface area contributed by atoms with Crippen molar-refractivity contribution in [3.8, 4) is 0 Å². The number of hydrogen-bond donors (Lipinski definition) is 4. The summed E-state index contributed by atoms with van der Waals surface area (Å²) in [7, 11) is 0. The fourth-order valence-electron chi connectivity index (χ4n) is 2.84. The summed E-state index contributed by atoms with van der Waals surface area (Å²) in [4.78, 5) is 12.7. The van der Waals surface area contributed by atoms with Crippen LogP contribution in [0.3, 0.4) is 0 Å². The smallest absolute Gasteiger partial charge is 0.167 e. The van der Waals surface area contributed by atoms with Gasteiger partial charge in [0.1, 0.15) is 24.6 Å². The number of ether oxygens (including phenoxy) is 1. The summed E-state index contributed by atoms with van der Waals surface area (Å²) in [5.41, 5.74) is 1.10. The number of anilines is 1. The Labute approximate surface area is 132 Å². The minimum Gasteiger partial charge on any atom is -0.394 e. The lowest BCUT2D eigenvalue weighted by Crippen LogP contribution is -2.33. The van der Waals surface area contributed by atoms with Crippen LogP contribution in [0.2, 0.25) is 0 Å². The maximum atomic E-state index is 10.2. The standard InChI is InChI=1S/C14H19N5O4/c20-4-8-10(21)11(22)14(23-8)19-6-18-9-12(15-3-7-1-2-7)16-5-17-13(9)19/h5-8,10-11,14,20-22H,1-4H2,(H,15,16,17)/t8-,10-,11-,14-/m1/s1. The molecule has 0 aromatic carbocycles. The van der Waals surface area contributed by atoms with Crippen molar-refractivity contribution in [2.75, 3.05) is 18.5 Å². The molecule has 2 aromatic rings. The molecule has 9 heteroatoms. The van der Waals surface area contributed by atoms with Crippen LogP contribution in [0.1, 0.15) is 19.1 Å². The van der Waals surface area contributed by atoms with Crippen molar-refractivity contribution in [1.29, 1.82) is 0 Å². The maximum absolute atomic E-state index is 10.2. The molecular formula is C14H19N5O4. The second-order valence-corrected chi connectivity index (χ2v) is 6.10. The van der Waals surface area contributed by atoms with E-state index in [1.807, 2.05) is 0 Å². The average molecular weight is 321 g/mol. The summed E-state index contributed by atoms with van der Waals surface area (Å²) in [6.07, 6.45) is 1.40. The van der Waals surface area contributed by atoms with Crippen LogP contribution >= 0.6 is 0 Å². The third-order valence-electron chi connectivity index (χ3n) is 4.41. The van der Waals surface area contributed by atoms with E-state index in [1.54, 1.807) is 4.57 Å². The van der Waals surface area contributed by atoms with Gasteiger partial charge in [-0.15, -0.1) is 0 Å². The van der Waals surface area contributed by atoms with E-state index in [1.165, 1.54) is 25.5 Å². The Morgan fingerprint density at radius 1 is 1.22 bits per heavy atom. The predicted octanol–water partition coefficient (Wildman–Crippen LogP) is -0.740. The Kier molecular flexibility index (Phi) is 3.64. The molecule has 4 N–H and O–H groups in total. The number of hydrogen-bond acceptors (Lipinski definition) is 8. The maximum Gasteiger partial charge on any atom is 0.167 e. The number of aromatic nitrogens is 4. The summed E-state index contributed by atoms with van der Waals surface area (Å²) in [5, 5.41) is 32.5. The molecule has 9 nitrogen and oxygen atoms in total. The van der Waals surface area contributed by atoms with Gasteiger partial charge in [0.2, 0.25) is 0 Å². The molecular weight excluding hydrogens is 302 g/mol. The van der Waals surface area contributed by atoms with Crippen LogP contribution < -0.4 is 5.32 Å². The van der Waals surface area contributed by atoms with Crippen molar-refractivity contribution >= 4 is 17.0 Å². The van der Waals surface area contributed by atoms with Crippen LogP contribution in [0.15, 0.2) is 12.7 Å². The highest BCUT2D eigenvalue weighted by molar-refractivity contribution is 5.82. The molecule has 4 atom stereocenters. The van der Waals surface area contributed by atoms with E-state index < -0.39 is 24.5 Å². The highest BCUT2D eigenvalue weighted by atomic mass is 16.6. The van der Waals surface area contributed by atoms with Gasteiger partial charge in [-0.25, -0.2) is 15.0 Å². The van der Waals surface area contributed by atoms with Crippen LogP contribution in [0.25, 0.3) is 11.2 Å². The second-order valence-electron chi connectivity index (χ2n) is 6.10. The van der Waals surface area contributed by atoms with E-state index in [4.69, 9.17) is 4.74 Å². The number of nitrogens with one attached hydrogen (secondary N) is 1. The molecule has 124 valence electrons. The summed E-state index contributed by atoms with van der Waals surface area (Å²) < 4.78 is 7.09. The summed E-state index contributed by atoms with van der Waals surface area (Å²) in [6.45, 7) is 0.483. The SMILES string of the molecule is OC[C@H]1O[C@@H](n2cnc3c(NCC4CC4)ncnc32)[C@H](O)[C@@H]1O. The first kappa shape index (κ1) is 14.8. The lowest BCUT2D eigenvalue weighted by molar-refractivity contribution is -0.0511. The van der Waals surface area contributed by atoms with Crippen LogP contribution in [0.4, 0.5) is 5.82 Å². The van der Waals surface area contributed by atoms with Crippen LogP contribution in [0.5, 0.6) is 0 Å². The summed E-state index contributed by atoms with van der Waals surface area (Å²) >= 11 is 0. The minimum absolute atomic E-state index is 0.371. The van der Waals surface area contributed by atoms with Gasteiger partial charge in [0.15, 0.2) is 23.2 Å². The lowest BCUT2D eigenvalue weighted by Gasteiger charge is -2.16. The average Bonchev–Trinajstić information content (AvgIpc) is 3.23. The Morgan fingerprint density at radius 3 is 2.74 bits per heavy atom. The van der Waals surface area contributed by atoms with E-state index in [9.17, 15) is 15.3 Å². The van der Waals surface area contributed by atoms with E-state index >= 15 is 0 Å². The molecule has 0 spiro atoms. The Bertz CT molecular complexity index is 704. The fourth-order valence-corrected chi connectivity index (χ4v) is 2.84. The lowest BCUT2D eigenvalue weighted by atomic mass is 10.1. The van der Waals surface area contributed by atoms with Gasteiger partial charge in [0.25, 0.3) is 0 Å². The molecule has 2 aliphatic rings. The van der Waals surface area contributed by atoms with Crippen molar-refractivity contribution in [3.05, 3.63) is 12.7 Å². The molecule has 1 saturated heterocycles. The van der Waals surface area contributed by atoms with Crippen molar-refractivity contribution in [3.63, 3.8) is 0 Å². The third-order valence-corrected chi connectivity index (χ3v) is 4.41. The number of aliphatic hydroxyl groups excluding tert-OH is 3. The molecule has 2 aromatic heterocycles. The number of rotatable bonds is 5. The number of imidazole rings is 1. The predicted molar refractivity (Wildman–Crippen MR) is 79.5 cm³/mol. The molecule has 0 unspecified atom stereocenters. The number of fused-ring (bicyclic) bond motifs is 1. The molecule has 1 aliphatic carbocycles. The molecule has 0 bridgehead atoms. The quantitative estimate of drug-likeness (QED) is 0.567. The first-order valence-electron chi connectivity index (χ1n) is 7.73. The molecule has 2 fully saturated rings. The first-order valence-corrected chi connectivity index (χ1v) is 7.73. The van der Waals surface area contributed by atoms with Crippen molar-refractivity contribution < 1.29 is 20.1 Å². The molecule has 0 amide bonds. The largest absolute Gasteiger partial charge is 0.394 e. The van der Waals surface area contributed by atoms with E-state index in [-0.39, 0.29) is 6.61 Å². The van der Waals surface area contributed by atoms with Gasteiger partial charge in [-0.2, -0.15) is 0 Å². The van der Waals surface area contributed by atoms with Gasteiger partial charge in [-0.05, 0) is 18.8 Å². The Morgan fingerprint density at radius 2 is 2.04 bits per heavy atom. The zero-order chi connectivity index (χ0) is 16.0. The molecule has 1 saturated carbocycles. The zero-order valence-electron chi connectivity index (χ0n) is 12.4. The van der Waals surface area contributed by atoms with Gasteiger partial charge in [0, 0.05) is 6.54 Å². The van der Waals surface area contributed by atoms with E-state index in [0.29, 0.717) is 22.9 Å². The normalized spacial score (nSPS) is 30.9. The first-order chi connectivity index (χ1) is 11.2. The van der Waals surface area contributed by atoms with Crippen molar-refractivity contribution in [2.24, 2.45) is 5.92 Å². The zero-order valence-corrected chi connectivity index (χ0v) is 12.4. The number of aliphatic hydroxyl groups is 3. The number of nitrogens with zero attached hydrogens (tertiary/aromatic N) is 4. The monoisotopic (exact) mass is 321 g/mol. The topological polar surface area (TPSA) is 126 Å². The molecule has 0 radical (unpaired) electrons. The Balaban J connectivity index is 1.64. The third kappa shape index (κ3) is 2.55. The molecule has 23 heavy (non-hydrogen) atoms. The summed E-state index contributed by atoms with van der Waals surface area (Å²) in [6, 6.07) is 0. The van der Waals surface area contributed by atoms with Crippen molar-refractivity contribution in [2.45, 2.75) is 37.4 Å².